The van der Waals surface area contributed by atoms with Crippen LogP contribution >= 0.6 is 0 Å². The van der Waals surface area contributed by atoms with Crippen LogP contribution in [-0.4, -0.2) is 42.5 Å². The number of carbonyl (C=O) groups excluding carboxylic acids is 4. The SMILES string of the molecule is CC(=O)OCC(=O)[C@H]1[C@H](OC(C)=O)C[C@H]2[C@@H]3CC=C4C[C@@H](OC(C)=O)CC[C@]4(C)[C@H]3CC[C@@]21C. The molecule has 0 aromatic carbocycles. The van der Waals surface area contributed by atoms with Crippen LogP contribution in [0.1, 0.15) is 79.6 Å². The zero-order valence-electron chi connectivity index (χ0n) is 21.1. The minimum Gasteiger partial charge on any atom is -0.462 e. The predicted molar refractivity (Wildman–Crippen MR) is 123 cm³/mol. The minimum atomic E-state index is -0.483. The highest BCUT2D eigenvalue weighted by atomic mass is 16.6. The minimum absolute atomic E-state index is 0.0367. The third-order valence-corrected chi connectivity index (χ3v) is 9.48. The van der Waals surface area contributed by atoms with Gasteiger partial charge in [-0.1, -0.05) is 25.5 Å². The van der Waals surface area contributed by atoms with Crippen molar-refractivity contribution in [2.75, 3.05) is 6.61 Å². The number of ether oxygens (including phenoxy) is 3. The van der Waals surface area contributed by atoms with Crippen LogP contribution in [0.2, 0.25) is 0 Å². The van der Waals surface area contributed by atoms with E-state index in [9.17, 15) is 19.2 Å². The number of esters is 3. The summed E-state index contributed by atoms with van der Waals surface area (Å²) >= 11 is 0. The molecule has 4 aliphatic rings. The monoisotopic (exact) mass is 474 g/mol. The van der Waals surface area contributed by atoms with Crippen LogP contribution < -0.4 is 0 Å². The summed E-state index contributed by atoms with van der Waals surface area (Å²) in [7, 11) is 0. The molecule has 0 N–H and O–H groups in total. The second-order valence-electron chi connectivity index (χ2n) is 11.4. The van der Waals surface area contributed by atoms with Crippen LogP contribution in [0, 0.1) is 34.5 Å². The maximum atomic E-state index is 13.3. The summed E-state index contributed by atoms with van der Waals surface area (Å²) in [6.07, 6.45) is 8.00. The Balaban J connectivity index is 1.60. The van der Waals surface area contributed by atoms with Crippen molar-refractivity contribution in [2.45, 2.75) is 91.8 Å². The molecule has 188 valence electrons. The Morgan fingerprint density at radius 2 is 1.65 bits per heavy atom. The highest BCUT2D eigenvalue weighted by molar-refractivity contribution is 5.86. The fourth-order valence-electron chi connectivity index (χ4n) is 8.12. The molecule has 7 nitrogen and oxygen atoms in total. The van der Waals surface area contributed by atoms with Crippen molar-refractivity contribution in [3.8, 4) is 0 Å². The third-order valence-electron chi connectivity index (χ3n) is 9.48. The Hall–Kier alpha value is -2.18. The summed E-state index contributed by atoms with van der Waals surface area (Å²) in [5.74, 6) is -0.541. The normalized spacial score (nSPS) is 40.7. The van der Waals surface area contributed by atoms with Gasteiger partial charge in [0.15, 0.2) is 5.78 Å². The van der Waals surface area contributed by atoms with Crippen molar-refractivity contribution in [3.63, 3.8) is 0 Å². The van der Waals surface area contributed by atoms with E-state index in [0.717, 1.165) is 38.5 Å². The molecular formula is C27H38O7. The maximum Gasteiger partial charge on any atom is 0.303 e. The fraction of sp³-hybridized carbons (Fsp3) is 0.778. The van der Waals surface area contributed by atoms with E-state index in [1.807, 2.05) is 0 Å². The second kappa shape index (κ2) is 9.12. The van der Waals surface area contributed by atoms with E-state index in [-0.39, 0.29) is 47.2 Å². The first-order valence-corrected chi connectivity index (χ1v) is 12.7. The Morgan fingerprint density at radius 1 is 0.941 bits per heavy atom. The van der Waals surface area contributed by atoms with Gasteiger partial charge in [-0.3, -0.25) is 19.2 Å². The van der Waals surface area contributed by atoms with Crippen molar-refractivity contribution in [1.82, 2.24) is 0 Å². The second-order valence-corrected chi connectivity index (χ2v) is 11.4. The number of ketones is 1. The summed E-state index contributed by atoms with van der Waals surface area (Å²) in [5.41, 5.74) is 1.18. The number of fused-ring (bicyclic) bond motifs is 5. The molecule has 0 bridgehead atoms. The first-order valence-electron chi connectivity index (χ1n) is 12.7. The van der Waals surface area contributed by atoms with Crippen molar-refractivity contribution < 1.29 is 33.4 Å². The molecule has 0 aliphatic heterocycles. The number of hydrogen-bond donors (Lipinski definition) is 0. The fourth-order valence-corrected chi connectivity index (χ4v) is 8.12. The zero-order chi connectivity index (χ0) is 24.8. The van der Waals surface area contributed by atoms with Gasteiger partial charge in [0.1, 0.15) is 18.8 Å². The molecule has 0 heterocycles. The summed E-state index contributed by atoms with van der Waals surface area (Å²) in [4.78, 5) is 48.0. The summed E-state index contributed by atoms with van der Waals surface area (Å²) in [6, 6.07) is 0. The highest BCUT2D eigenvalue weighted by Gasteiger charge is 2.63. The average Bonchev–Trinajstić information content (AvgIpc) is 3.03. The molecule has 4 aliphatic carbocycles. The van der Waals surface area contributed by atoms with Crippen LogP contribution in [0.25, 0.3) is 0 Å². The van der Waals surface area contributed by atoms with Crippen molar-refractivity contribution in [2.24, 2.45) is 34.5 Å². The van der Waals surface area contributed by atoms with Crippen LogP contribution in [0.5, 0.6) is 0 Å². The van der Waals surface area contributed by atoms with Crippen LogP contribution in [0.4, 0.5) is 0 Å². The van der Waals surface area contributed by atoms with Gasteiger partial charge in [-0.05, 0) is 67.1 Å². The van der Waals surface area contributed by atoms with Crippen LogP contribution in [0.15, 0.2) is 11.6 Å². The van der Waals surface area contributed by atoms with Gasteiger partial charge >= 0.3 is 17.9 Å². The first kappa shape index (κ1) is 24.9. The number of hydrogen-bond acceptors (Lipinski definition) is 7. The molecule has 3 saturated carbocycles. The van der Waals surface area contributed by atoms with Crippen molar-refractivity contribution >= 4 is 23.7 Å². The topological polar surface area (TPSA) is 96.0 Å². The lowest BCUT2D eigenvalue weighted by molar-refractivity contribution is -0.157. The van der Waals surface area contributed by atoms with Crippen molar-refractivity contribution in [3.05, 3.63) is 11.6 Å². The lowest BCUT2D eigenvalue weighted by atomic mass is 9.47. The Labute approximate surface area is 202 Å². The largest absolute Gasteiger partial charge is 0.462 e. The van der Waals surface area contributed by atoms with E-state index in [1.165, 1.54) is 26.3 Å². The smallest absolute Gasteiger partial charge is 0.303 e. The molecule has 0 saturated heterocycles. The summed E-state index contributed by atoms with van der Waals surface area (Å²) in [5, 5.41) is 0. The highest BCUT2D eigenvalue weighted by Crippen LogP contribution is 2.66. The predicted octanol–water partition coefficient (Wildman–Crippen LogP) is 4.17. The maximum absolute atomic E-state index is 13.3. The Morgan fingerprint density at radius 3 is 2.29 bits per heavy atom. The van der Waals surface area contributed by atoms with Gasteiger partial charge in [0.2, 0.25) is 0 Å². The van der Waals surface area contributed by atoms with Crippen LogP contribution in [0.3, 0.4) is 0 Å². The molecule has 3 fully saturated rings. The molecule has 8 atom stereocenters. The van der Waals surface area contributed by atoms with Gasteiger partial charge in [0.05, 0.1) is 5.92 Å². The molecule has 7 heteroatoms. The number of Topliss-reactive ketones (excluding diaryl/α,β-unsaturated/α-hetero) is 1. The van der Waals surface area contributed by atoms with Crippen LogP contribution in [-0.2, 0) is 33.4 Å². The summed E-state index contributed by atoms with van der Waals surface area (Å²) < 4.78 is 16.3. The van der Waals surface area contributed by atoms with E-state index in [4.69, 9.17) is 14.2 Å². The number of carbonyl (C=O) groups is 4. The van der Waals surface area contributed by atoms with E-state index in [1.54, 1.807) is 0 Å². The van der Waals surface area contributed by atoms with E-state index in [0.29, 0.717) is 18.3 Å². The third kappa shape index (κ3) is 4.31. The molecule has 0 spiro atoms. The van der Waals surface area contributed by atoms with Gasteiger partial charge < -0.3 is 14.2 Å². The molecule has 4 rings (SSSR count). The first-order chi connectivity index (χ1) is 16.0. The molecule has 0 aromatic heterocycles. The zero-order valence-corrected chi connectivity index (χ0v) is 21.1. The van der Waals surface area contributed by atoms with Crippen molar-refractivity contribution in [1.29, 1.82) is 0 Å². The molecule has 0 unspecified atom stereocenters. The number of rotatable bonds is 5. The Kier molecular flexibility index (Phi) is 6.69. The quantitative estimate of drug-likeness (QED) is 0.335. The Bertz CT molecular complexity index is 907. The molecule has 34 heavy (non-hydrogen) atoms. The molecule has 0 amide bonds. The lowest BCUT2D eigenvalue weighted by Gasteiger charge is -2.57. The van der Waals surface area contributed by atoms with Gasteiger partial charge in [-0.25, -0.2) is 0 Å². The van der Waals surface area contributed by atoms with Gasteiger partial charge in [-0.15, -0.1) is 0 Å². The van der Waals surface area contributed by atoms with Gasteiger partial charge in [0, 0.05) is 27.2 Å². The lowest BCUT2D eigenvalue weighted by Crippen LogP contribution is -2.51. The standard InChI is InChI=1S/C27H38O7/c1-15(28)32-14-23(31)25-24(34-17(3)30)13-22-20-7-6-18-12-19(33-16(2)29)8-10-26(18,4)21(20)9-11-27(22,25)5/h6,19-22,24-25H,7-14H2,1-5H3/t19-,20+,21-,22-,24+,25-,26-,27-/m0/s1. The molecule has 0 aromatic rings. The van der Waals surface area contributed by atoms with E-state index < -0.39 is 18.0 Å². The van der Waals surface area contributed by atoms with Gasteiger partial charge in [-0.2, -0.15) is 0 Å². The van der Waals surface area contributed by atoms with E-state index in [2.05, 4.69) is 19.9 Å². The van der Waals surface area contributed by atoms with Gasteiger partial charge in [0.25, 0.3) is 0 Å². The summed E-state index contributed by atoms with van der Waals surface area (Å²) in [6.45, 7) is 8.42. The molecule has 0 radical (unpaired) electrons. The molecular weight excluding hydrogens is 436 g/mol. The number of allylic oxidation sites excluding steroid dienone is 1. The average molecular weight is 475 g/mol. The van der Waals surface area contributed by atoms with E-state index >= 15 is 0 Å².